The fourth-order valence-corrected chi connectivity index (χ4v) is 2.46. The van der Waals surface area contributed by atoms with Crippen molar-refractivity contribution in [3.63, 3.8) is 0 Å². The summed E-state index contributed by atoms with van der Waals surface area (Å²) in [5.74, 6) is 0. The number of hydrogen-bond acceptors (Lipinski definition) is 1. The molecule has 0 saturated heterocycles. The molecule has 0 bridgehead atoms. The SMILES string of the molecule is CCc1cccc(CC)c1NC(=S)N(CC)CC. The van der Waals surface area contributed by atoms with E-state index >= 15 is 0 Å². The van der Waals surface area contributed by atoms with Crippen molar-refractivity contribution in [3.05, 3.63) is 29.3 Å². The maximum absolute atomic E-state index is 5.49. The van der Waals surface area contributed by atoms with Gasteiger partial charge in [0.05, 0.1) is 0 Å². The monoisotopic (exact) mass is 264 g/mol. The Kier molecular flexibility index (Phi) is 6.13. The summed E-state index contributed by atoms with van der Waals surface area (Å²) in [6.07, 6.45) is 2.05. The van der Waals surface area contributed by atoms with Crippen LogP contribution in [0.2, 0.25) is 0 Å². The minimum absolute atomic E-state index is 0.829. The van der Waals surface area contributed by atoms with Crippen LogP contribution in [0.4, 0.5) is 5.69 Å². The van der Waals surface area contributed by atoms with E-state index in [1.807, 2.05) is 0 Å². The molecule has 0 aliphatic rings. The molecule has 0 fully saturated rings. The van der Waals surface area contributed by atoms with Gasteiger partial charge in [-0.3, -0.25) is 0 Å². The van der Waals surface area contributed by atoms with Gasteiger partial charge >= 0.3 is 0 Å². The Balaban J connectivity index is 2.98. The average Bonchev–Trinajstić information content (AvgIpc) is 2.40. The Hall–Kier alpha value is -1.09. The third kappa shape index (κ3) is 3.45. The highest BCUT2D eigenvalue weighted by atomic mass is 32.1. The zero-order valence-electron chi connectivity index (χ0n) is 11.9. The molecule has 1 aromatic rings. The summed E-state index contributed by atoms with van der Waals surface area (Å²) in [5.41, 5.74) is 3.88. The van der Waals surface area contributed by atoms with Crippen molar-refractivity contribution in [2.45, 2.75) is 40.5 Å². The molecule has 0 amide bonds. The molecule has 0 unspecified atom stereocenters. The van der Waals surface area contributed by atoms with E-state index in [0.29, 0.717) is 0 Å². The largest absolute Gasteiger partial charge is 0.350 e. The Morgan fingerprint density at radius 1 is 1.06 bits per heavy atom. The third-order valence-corrected chi connectivity index (χ3v) is 3.64. The molecule has 0 heterocycles. The van der Waals surface area contributed by atoms with E-state index < -0.39 is 0 Å². The molecule has 1 N–H and O–H groups in total. The third-order valence-electron chi connectivity index (χ3n) is 3.28. The van der Waals surface area contributed by atoms with E-state index in [4.69, 9.17) is 12.2 Å². The first-order chi connectivity index (χ1) is 8.67. The molecule has 1 rings (SSSR count). The first-order valence-corrected chi connectivity index (χ1v) is 7.25. The number of aryl methyl sites for hydroxylation is 2. The lowest BCUT2D eigenvalue weighted by Gasteiger charge is -2.24. The van der Waals surface area contributed by atoms with Gasteiger partial charge < -0.3 is 10.2 Å². The highest BCUT2D eigenvalue weighted by Crippen LogP contribution is 2.23. The van der Waals surface area contributed by atoms with Crippen LogP contribution in [-0.2, 0) is 12.8 Å². The number of anilines is 1. The predicted octanol–water partition coefficient (Wildman–Crippen LogP) is 3.85. The molecular weight excluding hydrogens is 240 g/mol. The molecule has 1 aromatic carbocycles. The topological polar surface area (TPSA) is 15.3 Å². The van der Waals surface area contributed by atoms with E-state index in [0.717, 1.165) is 31.0 Å². The van der Waals surface area contributed by atoms with Crippen molar-refractivity contribution in [1.82, 2.24) is 4.90 Å². The lowest BCUT2D eigenvalue weighted by atomic mass is 10.0. The van der Waals surface area contributed by atoms with E-state index in [1.165, 1.54) is 16.8 Å². The van der Waals surface area contributed by atoms with Gasteiger partial charge in [0, 0.05) is 18.8 Å². The molecule has 0 radical (unpaired) electrons. The number of nitrogens with zero attached hydrogens (tertiary/aromatic N) is 1. The van der Waals surface area contributed by atoms with Crippen LogP contribution < -0.4 is 5.32 Å². The van der Waals surface area contributed by atoms with E-state index in [-0.39, 0.29) is 0 Å². The Morgan fingerprint density at radius 2 is 1.56 bits per heavy atom. The van der Waals surface area contributed by atoms with Crippen molar-refractivity contribution >= 4 is 23.0 Å². The van der Waals surface area contributed by atoms with Crippen LogP contribution in [0.5, 0.6) is 0 Å². The molecule has 100 valence electrons. The summed E-state index contributed by atoms with van der Waals surface area (Å²) in [6, 6.07) is 6.47. The van der Waals surface area contributed by atoms with E-state index in [9.17, 15) is 0 Å². The maximum atomic E-state index is 5.49. The standard InChI is InChI=1S/C15H24N2S/c1-5-12-10-9-11-13(6-2)14(12)16-15(18)17(7-3)8-4/h9-11H,5-8H2,1-4H3,(H,16,18). The van der Waals surface area contributed by atoms with Crippen LogP contribution >= 0.6 is 12.2 Å². The van der Waals surface area contributed by atoms with Gasteiger partial charge in [-0.05, 0) is 50.0 Å². The molecule has 0 aliphatic carbocycles. The van der Waals surface area contributed by atoms with Gasteiger partial charge in [-0.2, -0.15) is 0 Å². The predicted molar refractivity (Wildman–Crippen MR) is 84.3 cm³/mol. The second kappa shape index (κ2) is 7.37. The molecule has 0 saturated carbocycles. The van der Waals surface area contributed by atoms with Crippen LogP contribution in [0, 0.1) is 0 Å². The van der Waals surface area contributed by atoms with Crippen molar-refractivity contribution in [1.29, 1.82) is 0 Å². The van der Waals surface area contributed by atoms with Gasteiger partial charge in [0.2, 0.25) is 0 Å². The molecule has 3 heteroatoms. The molecule has 2 nitrogen and oxygen atoms in total. The zero-order valence-corrected chi connectivity index (χ0v) is 12.7. The summed E-state index contributed by atoms with van der Waals surface area (Å²) in [6.45, 7) is 10.5. The Labute approximate surface area is 116 Å². The molecule has 18 heavy (non-hydrogen) atoms. The minimum atomic E-state index is 0.829. The number of thiocarbonyl (C=S) groups is 1. The van der Waals surface area contributed by atoms with E-state index in [2.05, 4.69) is 56.1 Å². The number of benzene rings is 1. The van der Waals surface area contributed by atoms with E-state index in [1.54, 1.807) is 0 Å². The van der Waals surface area contributed by atoms with Crippen LogP contribution in [0.25, 0.3) is 0 Å². The van der Waals surface area contributed by atoms with Crippen molar-refractivity contribution in [2.24, 2.45) is 0 Å². The van der Waals surface area contributed by atoms with Crippen molar-refractivity contribution in [2.75, 3.05) is 18.4 Å². The van der Waals surface area contributed by atoms with Gasteiger partial charge in [-0.15, -0.1) is 0 Å². The van der Waals surface area contributed by atoms with Gasteiger partial charge in [0.1, 0.15) is 0 Å². The van der Waals surface area contributed by atoms with Crippen LogP contribution in [0.3, 0.4) is 0 Å². The number of nitrogens with one attached hydrogen (secondary N) is 1. The van der Waals surface area contributed by atoms with Gasteiger partial charge in [0.25, 0.3) is 0 Å². The molecular formula is C15H24N2S. The fraction of sp³-hybridized carbons (Fsp3) is 0.533. The van der Waals surface area contributed by atoms with Crippen LogP contribution in [0.15, 0.2) is 18.2 Å². The lowest BCUT2D eigenvalue weighted by molar-refractivity contribution is 0.473. The first-order valence-electron chi connectivity index (χ1n) is 6.84. The quantitative estimate of drug-likeness (QED) is 0.813. The number of para-hydroxylation sites is 1. The molecule has 0 atom stereocenters. The second-order valence-corrected chi connectivity index (χ2v) is 4.65. The fourth-order valence-electron chi connectivity index (χ4n) is 2.10. The van der Waals surface area contributed by atoms with Gasteiger partial charge in [0.15, 0.2) is 5.11 Å². The normalized spacial score (nSPS) is 10.2. The van der Waals surface area contributed by atoms with Crippen molar-refractivity contribution in [3.8, 4) is 0 Å². The van der Waals surface area contributed by atoms with Gasteiger partial charge in [-0.1, -0.05) is 32.0 Å². The highest BCUT2D eigenvalue weighted by molar-refractivity contribution is 7.80. The van der Waals surface area contributed by atoms with Crippen molar-refractivity contribution < 1.29 is 0 Å². The first kappa shape index (κ1) is 15.0. The summed E-state index contributed by atoms with van der Waals surface area (Å²) in [5, 5.41) is 4.27. The highest BCUT2D eigenvalue weighted by Gasteiger charge is 2.10. The zero-order chi connectivity index (χ0) is 13.5. The number of rotatable bonds is 5. The molecule has 0 spiro atoms. The lowest BCUT2D eigenvalue weighted by Crippen LogP contribution is -2.34. The second-order valence-electron chi connectivity index (χ2n) is 4.26. The van der Waals surface area contributed by atoms with Crippen LogP contribution in [-0.4, -0.2) is 23.1 Å². The summed E-state index contributed by atoms with van der Waals surface area (Å²) in [7, 11) is 0. The smallest absolute Gasteiger partial charge is 0.173 e. The maximum Gasteiger partial charge on any atom is 0.173 e. The minimum Gasteiger partial charge on any atom is -0.350 e. The summed E-state index contributed by atoms with van der Waals surface area (Å²) < 4.78 is 0. The molecule has 0 aromatic heterocycles. The Morgan fingerprint density at radius 3 is 1.94 bits per heavy atom. The van der Waals surface area contributed by atoms with Crippen LogP contribution in [0.1, 0.15) is 38.8 Å². The number of hydrogen-bond donors (Lipinski definition) is 1. The Bertz CT molecular complexity index is 375. The summed E-state index contributed by atoms with van der Waals surface area (Å²) in [4.78, 5) is 2.17. The average molecular weight is 264 g/mol. The molecule has 0 aliphatic heterocycles. The summed E-state index contributed by atoms with van der Waals surface area (Å²) >= 11 is 5.49. The van der Waals surface area contributed by atoms with Gasteiger partial charge in [-0.25, -0.2) is 0 Å².